The molecule has 0 aliphatic carbocycles. The SMILES string of the molecule is CCCCc1cc(OC2CCN(CC3CC[N+](C(=O)O)(C(C)(C)C)CC3)CC2)c2ncccc2c1. The fourth-order valence-electron chi connectivity index (χ4n) is 5.98. The zero-order valence-corrected chi connectivity index (χ0v) is 22.1. The topological polar surface area (TPSA) is 62.7 Å². The Morgan fingerprint density at radius 2 is 1.89 bits per heavy atom. The average Bonchev–Trinajstić information content (AvgIpc) is 2.83. The van der Waals surface area contributed by atoms with Crippen molar-refractivity contribution < 1.29 is 19.1 Å². The van der Waals surface area contributed by atoms with Gasteiger partial charge in [-0.15, -0.1) is 0 Å². The second-order valence-corrected chi connectivity index (χ2v) is 11.7. The third-order valence-electron chi connectivity index (χ3n) is 8.38. The van der Waals surface area contributed by atoms with Crippen molar-refractivity contribution >= 4 is 17.0 Å². The molecule has 1 N–H and O–H groups in total. The van der Waals surface area contributed by atoms with Crippen LogP contribution in [0.3, 0.4) is 0 Å². The van der Waals surface area contributed by atoms with E-state index in [4.69, 9.17) is 4.74 Å². The Hall–Kier alpha value is -2.18. The van der Waals surface area contributed by atoms with Crippen LogP contribution in [0.25, 0.3) is 10.9 Å². The number of pyridine rings is 1. The Kier molecular flexibility index (Phi) is 8.02. The molecule has 0 unspecified atom stereocenters. The molecule has 2 saturated heterocycles. The fourth-order valence-corrected chi connectivity index (χ4v) is 5.98. The number of nitrogens with zero attached hydrogens (tertiary/aromatic N) is 3. The number of aryl methyl sites for hydroxylation is 1. The van der Waals surface area contributed by atoms with E-state index in [0.29, 0.717) is 5.92 Å². The summed E-state index contributed by atoms with van der Waals surface area (Å²) in [6.07, 6.45) is 8.88. The minimum absolute atomic E-state index is 0.193. The van der Waals surface area contributed by atoms with Gasteiger partial charge in [-0.05, 0) is 76.1 Å². The number of piperidine rings is 2. The molecule has 1 amide bonds. The third-order valence-corrected chi connectivity index (χ3v) is 8.38. The maximum absolute atomic E-state index is 12.1. The first kappa shape index (κ1) is 25.9. The summed E-state index contributed by atoms with van der Waals surface area (Å²) in [7, 11) is 0. The first-order valence-corrected chi connectivity index (χ1v) is 13.6. The van der Waals surface area contributed by atoms with Gasteiger partial charge in [0, 0.05) is 44.1 Å². The molecule has 3 heterocycles. The number of fused-ring (bicyclic) bond motifs is 1. The highest BCUT2D eigenvalue weighted by Crippen LogP contribution is 2.34. The molecule has 6 nitrogen and oxygen atoms in total. The summed E-state index contributed by atoms with van der Waals surface area (Å²) in [6, 6.07) is 8.60. The highest BCUT2D eigenvalue weighted by Gasteiger charge is 2.50. The standard InChI is InChI=1S/C29H43N3O3/c1-5-6-8-23-19-24-9-7-14-30-27(24)26(20-23)35-25-10-15-31(16-11-25)21-22-12-17-32(18-13-22,28(33)34)29(2,3)4/h7,9,14,19-20,22,25H,5-6,8,10-13,15-18,21H2,1-4H3/p+1. The minimum Gasteiger partial charge on any atom is -0.488 e. The smallest absolute Gasteiger partial charge is 0.488 e. The molecule has 2 fully saturated rings. The van der Waals surface area contributed by atoms with E-state index in [1.165, 1.54) is 18.4 Å². The quantitative estimate of drug-likeness (QED) is 0.482. The van der Waals surface area contributed by atoms with Crippen LogP contribution in [0, 0.1) is 5.92 Å². The second-order valence-electron chi connectivity index (χ2n) is 11.7. The Morgan fingerprint density at radius 1 is 1.17 bits per heavy atom. The number of amides is 1. The van der Waals surface area contributed by atoms with Crippen LogP contribution in [0.15, 0.2) is 30.5 Å². The lowest BCUT2D eigenvalue weighted by atomic mass is 9.89. The number of unbranched alkanes of at least 4 members (excludes halogenated alkanes) is 1. The van der Waals surface area contributed by atoms with Gasteiger partial charge in [-0.1, -0.05) is 19.4 Å². The van der Waals surface area contributed by atoms with Crippen molar-refractivity contribution in [3.05, 3.63) is 36.0 Å². The van der Waals surface area contributed by atoms with Gasteiger partial charge in [0.15, 0.2) is 0 Å². The number of quaternary nitrogens is 1. The van der Waals surface area contributed by atoms with Crippen LogP contribution in [-0.2, 0) is 6.42 Å². The summed E-state index contributed by atoms with van der Waals surface area (Å²) in [5.74, 6) is 1.52. The highest BCUT2D eigenvalue weighted by atomic mass is 16.5. The molecule has 0 bridgehead atoms. The second kappa shape index (κ2) is 10.8. The van der Waals surface area contributed by atoms with Crippen molar-refractivity contribution in [2.45, 2.75) is 84.3 Å². The van der Waals surface area contributed by atoms with Gasteiger partial charge in [0.25, 0.3) is 0 Å². The van der Waals surface area contributed by atoms with Gasteiger partial charge in [0.2, 0.25) is 0 Å². The fraction of sp³-hybridized carbons (Fsp3) is 0.655. The molecule has 4 rings (SSSR count). The van der Waals surface area contributed by atoms with E-state index in [-0.39, 0.29) is 16.1 Å². The molecule has 2 aliphatic rings. The summed E-state index contributed by atoms with van der Waals surface area (Å²) >= 11 is 0. The van der Waals surface area contributed by atoms with Crippen molar-refractivity contribution in [2.75, 3.05) is 32.7 Å². The van der Waals surface area contributed by atoms with Crippen LogP contribution < -0.4 is 4.74 Å². The van der Waals surface area contributed by atoms with Crippen LogP contribution in [0.2, 0.25) is 0 Å². The lowest BCUT2D eigenvalue weighted by Crippen LogP contribution is -2.66. The largest absolute Gasteiger partial charge is 0.513 e. The predicted molar refractivity (Wildman–Crippen MR) is 141 cm³/mol. The molecular formula is C29H44N3O3+. The molecule has 192 valence electrons. The molecular weight excluding hydrogens is 438 g/mol. The summed E-state index contributed by atoms with van der Waals surface area (Å²) in [5.41, 5.74) is 2.04. The average molecular weight is 483 g/mol. The van der Waals surface area contributed by atoms with E-state index in [2.05, 4.69) is 55.8 Å². The molecule has 0 saturated carbocycles. The number of benzene rings is 1. The van der Waals surface area contributed by atoms with E-state index in [1.54, 1.807) is 0 Å². The third kappa shape index (κ3) is 5.80. The van der Waals surface area contributed by atoms with E-state index in [9.17, 15) is 9.90 Å². The summed E-state index contributed by atoms with van der Waals surface area (Å²) in [5, 5.41) is 11.1. The monoisotopic (exact) mass is 482 g/mol. The molecule has 0 radical (unpaired) electrons. The summed E-state index contributed by atoms with van der Waals surface area (Å²) in [4.78, 5) is 19.3. The minimum atomic E-state index is -0.672. The molecule has 35 heavy (non-hydrogen) atoms. The van der Waals surface area contributed by atoms with Crippen molar-refractivity contribution in [3.8, 4) is 5.75 Å². The van der Waals surface area contributed by atoms with Crippen molar-refractivity contribution in [2.24, 2.45) is 5.92 Å². The van der Waals surface area contributed by atoms with Crippen LogP contribution >= 0.6 is 0 Å². The number of hydrogen-bond donors (Lipinski definition) is 1. The number of carboxylic acid groups (broad SMARTS) is 1. The lowest BCUT2D eigenvalue weighted by Gasteiger charge is -2.48. The van der Waals surface area contributed by atoms with Crippen LogP contribution in [0.4, 0.5) is 4.79 Å². The van der Waals surface area contributed by atoms with Crippen LogP contribution in [0.1, 0.15) is 71.8 Å². The number of likely N-dealkylation sites (tertiary alicyclic amines) is 2. The number of hydrogen-bond acceptors (Lipinski definition) is 4. The van der Waals surface area contributed by atoms with Gasteiger partial charge in [0.05, 0.1) is 13.1 Å². The molecule has 0 spiro atoms. The number of carbonyl (C=O) groups is 1. The zero-order valence-electron chi connectivity index (χ0n) is 22.1. The Bertz CT molecular complexity index is 1000. The van der Waals surface area contributed by atoms with Crippen LogP contribution in [-0.4, -0.2) is 69.9 Å². The van der Waals surface area contributed by atoms with Gasteiger partial charge >= 0.3 is 6.09 Å². The molecule has 2 aromatic rings. The molecule has 1 aromatic heterocycles. The molecule has 1 aromatic carbocycles. The normalized spacial score (nSPS) is 24.5. The van der Waals surface area contributed by atoms with Crippen LogP contribution in [0.5, 0.6) is 5.75 Å². The summed E-state index contributed by atoms with van der Waals surface area (Å²) in [6.45, 7) is 13.0. The number of ether oxygens (including phenoxy) is 1. The molecule has 2 aliphatic heterocycles. The lowest BCUT2D eigenvalue weighted by molar-refractivity contribution is -0.909. The van der Waals surface area contributed by atoms with Gasteiger partial charge in [0.1, 0.15) is 22.9 Å². The van der Waals surface area contributed by atoms with E-state index >= 15 is 0 Å². The molecule has 6 heteroatoms. The van der Waals surface area contributed by atoms with Crippen molar-refractivity contribution in [1.29, 1.82) is 0 Å². The predicted octanol–water partition coefficient (Wildman–Crippen LogP) is 6.12. The van der Waals surface area contributed by atoms with Gasteiger partial charge in [-0.25, -0.2) is 4.48 Å². The Labute approximate surface area is 210 Å². The first-order chi connectivity index (χ1) is 16.7. The van der Waals surface area contributed by atoms with Crippen molar-refractivity contribution in [1.82, 2.24) is 9.88 Å². The van der Waals surface area contributed by atoms with Gasteiger partial charge in [-0.2, -0.15) is 4.79 Å². The summed E-state index contributed by atoms with van der Waals surface area (Å²) < 4.78 is 6.75. The molecule has 0 atom stereocenters. The van der Waals surface area contributed by atoms with Crippen molar-refractivity contribution in [3.63, 3.8) is 0 Å². The van der Waals surface area contributed by atoms with E-state index in [0.717, 1.165) is 81.5 Å². The Balaban J connectivity index is 1.32. The maximum atomic E-state index is 12.1. The zero-order chi connectivity index (χ0) is 25.1. The maximum Gasteiger partial charge on any atom is 0.513 e. The number of rotatable bonds is 7. The highest BCUT2D eigenvalue weighted by molar-refractivity contribution is 5.85. The van der Waals surface area contributed by atoms with Gasteiger partial charge < -0.3 is 14.7 Å². The number of aromatic nitrogens is 1. The van der Waals surface area contributed by atoms with Gasteiger partial charge in [-0.3, -0.25) is 4.98 Å². The van der Waals surface area contributed by atoms with E-state index in [1.807, 2.05) is 12.3 Å². The first-order valence-electron chi connectivity index (χ1n) is 13.6. The van der Waals surface area contributed by atoms with E-state index < -0.39 is 6.09 Å². The Morgan fingerprint density at radius 3 is 2.51 bits per heavy atom.